The van der Waals surface area contributed by atoms with Crippen LogP contribution in [0.3, 0.4) is 0 Å². The Morgan fingerprint density at radius 1 is 1.00 bits per heavy atom. The predicted octanol–water partition coefficient (Wildman–Crippen LogP) is 4.66. The van der Waals surface area contributed by atoms with Gasteiger partial charge in [0, 0.05) is 28.9 Å². The molecular formula is C25H25N3O3S. The summed E-state index contributed by atoms with van der Waals surface area (Å²) < 4.78 is 2.14. The molecular weight excluding hydrogens is 422 g/mol. The second-order valence-corrected chi connectivity index (χ2v) is 9.28. The quantitative estimate of drug-likeness (QED) is 0.435. The Morgan fingerprint density at radius 2 is 1.66 bits per heavy atom. The molecule has 6 nitrogen and oxygen atoms in total. The van der Waals surface area contributed by atoms with Crippen molar-refractivity contribution in [2.75, 3.05) is 11.1 Å². The highest BCUT2D eigenvalue weighted by Gasteiger charge is 2.31. The van der Waals surface area contributed by atoms with E-state index in [1.165, 1.54) is 11.8 Å². The molecule has 2 aromatic carbocycles. The van der Waals surface area contributed by atoms with E-state index in [9.17, 15) is 14.4 Å². The van der Waals surface area contributed by atoms with Crippen molar-refractivity contribution in [3.8, 4) is 0 Å². The molecule has 1 aliphatic carbocycles. The summed E-state index contributed by atoms with van der Waals surface area (Å²) in [7, 11) is 0. The van der Waals surface area contributed by atoms with Crippen LogP contribution in [0, 0.1) is 19.8 Å². The number of rotatable bonds is 6. The number of nitrogens with one attached hydrogen (secondary N) is 1. The number of benzene rings is 2. The average Bonchev–Trinajstić information content (AvgIpc) is 3.03. The molecule has 164 valence electrons. The fourth-order valence-corrected chi connectivity index (χ4v) is 4.78. The molecule has 1 heterocycles. The van der Waals surface area contributed by atoms with Crippen LogP contribution < -0.4 is 5.32 Å². The van der Waals surface area contributed by atoms with Crippen LogP contribution in [0.25, 0.3) is 0 Å². The summed E-state index contributed by atoms with van der Waals surface area (Å²) in [5, 5.41) is 3.64. The molecule has 0 bridgehead atoms. The fourth-order valence-electron chi connectivity index (χ4n) is 3.88. The van der Waals surface area contributed by atoms with E-state index >= 15 is 0 Å². The molecule has 0 atom stereocenters. The largest absolute Gasteiger partial charge is 0.325 e. The minimum atomic E-state index is -0.253. The zero-order valence-corrected chi connectivity index (χ0v) is 19.4. The second kappa shape index (κ2) is 8.74. The van der Waals surface area contributed by atoms with Gasteiger partial charge in [-0.2, -0.15) is 0 Å². The molecule has 0 spiro atoms. The molecule has 1 amide bonds. The SMILES string of the molecule is Cc1nc(SCC(=O)Nc2cccc3c2C(=O)c2ccccc2C3=O)n(CC(C)C)c1C. The maximum absolute atomic E-state index is 13.1. The molecule has 1 aromatic heterocycles. The van der Waals surface area contributed by atoms with E-state index in [1.54, 1.807) is 42.5 Å². The lowest BCUT2D eigenvalue weighted by atomic mass is 9.83. The van der Waals surface area contributed by atoms with Crippen LogP contribution in [-0.2, 0) is 11.3 Å². The topological polar surface area (TPSA) is 81.1 Å². The van der Waals surface area contributed by atoms with Gasteiger partial charge in [-0.15, -0.1) is 0 Å². The van der Waals surface area contributed by atoms with Gasteiger partial charge in [0.1, 0.15) is 0 Å². The number of thioether (sulfide) groups is 1. The first-order valence-corrected chi connectivity index (χ1v) is 11.5. The number of aryl methyl sites for hydroxylation is 1. The lowest BCUT2D eigenvalue weighted by Gasteiger charge is -2.20. The van der Waals surface area contributed by atoms with E-state index < -0.39 is 0 Å². The average molecular weight is 448 g/mol. The third kappa shape index (κ3) is 4.00. The molecule has 1 aliphatic rings. The van der Waals surface area contributed by atoms with Gasteiger partial charge < -0.3 is 9.88 Å². The number of fused-ring (bicyclic) bond motifs is 2. The number of nitrogens with zero attached hydrogens (tertiary/aromatic N) is 2. The number of hydrogen-bond donors (Lipinski definition) is 1. The van der Waals surface area contributed by atoms with Gasteiger partial charge in [-0.3, -0.25) is 14.4 Å². The Bertz CT molecular complexity index is 1240. The maximum atomic E-state index is 13.1. The van der Waals surface area contributed by atoms with E-state index in [1.807, 2.05) is 13.8 Å². The number of aromatic nitrogens is 2. The van der Waals surface area contributed by atoms with Crippen molar-refractivity contribution in [1.82, 2.24) is 9.55 Å². The molecule has 4 rings (SSSR count). The van der Waals surface area contributed by atoms with Gasteiger partial charge in [0.25, 0.3) is 0 Å². The summed E-state index contributed by atoms with van der Waals surface area (Å²) in [6.07, 6.45) is 0. The van der Waals surface area contributed by atoms with Gasteiger partial charge in [-0.1, -0.05) is 62.0 Å². The molecule has 0 unspecified atom stereocenters. The molecule has 0 saturated carbocycles. The van der Waals surface area contributed by atoms with Crippen molar-refractivity contribution in [2.24, 2.45) is 5.92 Å². The first-order valence-electron chi connectivity index (χ1n) is 10.6. The summed E-state index contributed by atoms with van der Waals surface area (Å²) in [5.74, 6) is -0.106. The Balaban J connectivity index is 1.54. The number of ketones is 2. The van der Waals surface area contributed by atoms with Crippen LogP contribution in [0.2, 0.25) is 0 Å². The monoisotopic (exact) mass is 447 g/mol. The van der Waals surface area contributed by atoms with Gasteiger partial charge in [0.2, 0.25) is 5.91 Å². The zero-order valence-electron chi connectivity index (χ0n) is 18.6. The molecule has 7 heteroatoms. The lowest BCUT2D eigenvalue weighted by molar-refractivity contribution is -0.113. The highest BCUT2D eigenvalue weighted by Crippen LogP contribution is 2.32. The van der Waals surface area contributed by atoms with E-state index in [0.717, 1.165) is 23.1 Å². The van der Waals surface area contributed by atoms with Crippen LogP contribution in [0.4, 0.5) is 5.69 Å². The highest BCUT2D eigenvalue weighted by atomic mass is 32.2. The third-order valence-corrected chi connectivity index (χ3v) is 6.51. The summed E-state index contributed by atoms with van der Waals surface area (Å²) >= 11 is 1.37. The predicted molar refractivity (Wildman–Crippen MR) is 126 cm³/mol. The van der Waals surface area contributed by atoms with Crippen LogP contribution in [0.15, 0.2) is 47.6 Å². The number of anilines is 1. The summed E-state index contributed by atoms with van der Waals surface area (Å²) in [6.45, 7) is 9.12. The molecule has 3 aromatic rings. The van der Waals surface area contributed by atoms with Crippen LogP contribution in [-0.4, -0.2) is 32.8 Å². The number of carbonyl (C=O) groups excluding carboxylic acids is 3. The van der Waals surface area contributed by atoms with Crippen molar-refractivity contribution in [3.63, 3.8) is 0 Å². The summed E-state index contributed by atoms with van der Waals surface area (Å²) in [6, 6.07) is 11.7. The Morgan fingerprint density at radius 3 is 2.34 bits per heavy atom. The van der Waals surface area contributed by atoms with Gasteiger partial charge in [0.15, 0.2) is 16.7 Å². The number of imidazole rings is 1. The smallest absolute Gasteiger partial charge is 0.234 e. The summed E-state index contributed by atoms with van der Waals surface area (Å²) in [4.78, 5) is 43.4. The van der Waals surface area contributed by atoms with Gasteiger partial charge in [-0.25, -0.2) is 4.98 Å². The fraction of sp³-hybridized carbons (Fsp3) is 0.280. The lowest BCUT2D eigenvalue weighted by Crippen LogP contribution is -2.24. The second-order valence-electron chi connectivity index (χ2n) is 8.34. The summed E-state index contributed by atoms with van der Waals surface area (Å²) in [5.41, 5.74) is 3.74. The van der Waals surface area contributed by atoms with E-state index in [0.29, 0.717) is 28.3 Å². The number of amides is 1. The highest BCUT2D eigenvalue weighted by molar-refractivity contribution is 7.99. The molecule has 0 saturated heterocycles. The van der Waals surface area contributed by atoms with Gasteiger partial charge in [-0.05, 0) is 25.8 Å². The van der Waals surface area contributed by atoms with Crippen molar-refractivity contribution >= 4 is 34.9 Å². The Labute approximate surface area is 191 Å². The first kappa shape index (κ1) is 22.0. The molecule has 1 N–H and O–H groups in total. The Hall–Kier alpha value is -3.19. The molecule has 0 fully saturated rings. The molecule has 0 aliphatic heterocycles. The molecule has 0 radical (unpaired) electrons. The van der Waals surface area contributed by atoms with Gasteiger partial charge in [0.05, 0.1) is 22.7 Å². The van der Waals surface area contributed by atoms with E-state index in [-0.39, 0.29) is 28.8 Å². The van der Waals surface area contributed by atoms with Gasteiger partial charge >= 0.3 is 0 Å². The van der Waals surface area contributed by atoms with Crippen molar-refractivity contribution in [3.05, 3.63) is 76.1 Å². The Kier molecular flexibility index (Phi) is 6.02. The number of hydrogen-bond acceptors (Lipinski definition) is 5. The standard InChI is InChI=1S/C25H25N3O3S/c1-14(2)12-28-16(4)15(3)26-25(28)32-13-21(29)27-20-11-7-10-19-22(20)24(31)18-9-6-5-8-17(18)23(19)30/h5-11,14H,12-13H2,1-4H3,(H,27,29). The maximum Gasteiger partial charge on any atom is 0.234 e. The minimum absolute atomic E-state index is 0.149. The van der Waals surface area contributed by atoms with Crippen LogP contribution >= 0.6 is 11.8 Å². The first-order chi connectivity index (χ1) is 15.3. The van der Waals surface area contributed by atoms with Crippen molar-refractivity contribution in [1.29, 1.82) is 0 Å². The van der Waals surface area contributed by atoms with Crippen molar-refractivity contribution in [2.45, 2.75) is 39.4 Å². The third-order valence-electron chi connectivity index (χ3n) is 5.53. The van der Waals surface area contributed by atoms with E-state index in [2.05, 4.69) is 28.7 Å². The minimum Gasteiger partial charge on any atom is -0.325 e. The normalized spacial score (nSPS) is 12.7. The number of carbonyl (C=O) groups is 3. The van der Waals surface area contributed by atoms with Crippen LogP contribution in [0.1, 0.15) is 57.1 Å². The zero-order chi connectivity index (χ0) is 23.0. The molecule has 32 heavy (non-hydrogen) atoms. The van der Waals surface area contributed by atoms with Crippen LogP contribution in [0.5, 0.6) is 0 Å². The van der Waals surface area contributed by atoms with Crippen molar-refractivity contribution < 1.29 is 14.4 Å². The van der Waals surface area contributed by atoms with E-state index in [4.69, 9.17) is 0 Å².